The van der Waals surface area contributed by atoms with Crippen molar-refractivity contribution in [2.24, 2.45) is 0 Å². The van der Waals surface area contributed by atoms with Gasteiger partial charge in [0.05, 0.1) is 14.2 Å². The van der Waals surface area contributed by atoms with Gasteiger partial charge in [-0.1, -0.05) is 23.5 Å². The van der Waals surface area contributed by atoms with E-state index in [0.29, 0.717) is 41.3 Å². The maximum Gasteiger partial charge on any atom is 0.243 e. The van der Waals surface area contributed by atoms with Crippen LogP contribution in [0.2, 0.25) is 0 Å². The first-order chi connectivity index (χ1) is 14.6. The summed E-state index contributed by atoms with van der Waals surface area (Å²) in [5.41, 5.74) is 0.848. The largest absolute Gasteiger partial charge is 0.493 e. The van der Waals surface area contributed by atoms with Gasteiger partial charge in [-0.05, 0) is 25.3 Å². The smallest absolute Gasteiger partial charge is 0.243 e. The molecule has 0 aliphatic carbocycles. The second-order valence-corrected chi connectivity index (χ2v) is 8.17. The van der Waals surface area contributed by atoms with Crippen LogP contribution >= 0.6 is 11.3 Å². The van der Waals surface area contributed by atoms with Gasteiger partial charge in [0.25, 0.3) is 0 Å². The number of nitrogens with zero attached hydrogens (tertiary/aromatic N) is 4. The Balaban J connectivity index is 1.43. The van der Waals surface area contributed by atoms with Crippen LogP contribution in [-0.4, -0.2) is 55.4 Å². The third kappa shape index (κ3) is 3.91. The molecule has 2 aliphatic rings. The zero-order valence-electron chi connectivity index (χ0n) is 17.1. The topological polar surface area (TPSA) is 96.9 Å². The van der Waals surface area contributed by atoms with Gasteiger partial charge in [0, 0.05) is 31.6 Å². The average Bonchev–Trinajstić information content (AvgIpc) is 3.51. The van der Waals surface area contributed by atoms with Crippen molar-refractivity contribution >= 4 is 33.4 Å². The van der Waals surface area contributed by atoms with Crippen LogP contribution in [0.25, 0.3) is 0 Å². The molecule has 30 heavy (non-hydrogen) atoms. The summed E-state index contributed by atoms with van der Waals surface area (Å²) in [5, 5.41) is 12.8. The van der Waals surface area contributed by atoms with E-state index in [1.807, 2.05) is 23.1 Å². The minimum atomic E-state index is -0.309. The van der Waals surface area contributed by atoms with Crippen LogP contribution < -0.4 is 24.6 Å². The van der Waals surface area contributed by atoms with Gasteiger partial charge in [-0.25, -0.2) is 0 Å². The Kier molecular flexibility index (Phi) is 6.03. The molecular formula is C20H25N5O4S. The van der Waals surface area contributed by atoms with Crippen LogP contribution in [0.3, 0.4) is 0 Å². The van der Waals surface area contributed by atoms with Gasteiger partial charge in [0.1, 0.15) is 6.04 Å². The summed E-state index contributed by atoms with van der Waals surface area (Å²) in [5.74, 6) is 1.27. The minimum absolute atomic E-state index is 0.0635. The minimum Gasteiger partial charge on any atom is -0.493 e. The van der Waals surface area contributed by atoms with E-state index in [0.717, 1.165) is 31.4 Å². The van der Waals surface area contributed by atoms with E-state index >= 15 is 0 Å². The predicted octanol–water partition coefficient (Wildman–Crippen LogP) is 1.97. The van der Waals surface area contributed by atoms with Crippen molar-refractivity contribution in [2.45, 2.75) is 38.3 Å². The van der Waals surface area contributed by atoms with Crippen LogP contribution in [0.15, 0.2) is 18.2 Å². The van der Waals surface area contributed by atoms with Crippen LogP contribution in [0.5, 0.6) is 11.5 Å². The molecule has 2 fully saturated rings. The number of ether oxygens (including phenoxy) is 2. The molecule has 2 aliphatic heterocycles. The monoisotopic (exact) mass is 431 g/mol. The Bertz CT molecular complexity index is 934. The van der Waals surface area contributed by atoms with E-state index in [1.165, 1.54) is 11.3 Å². The second-order valence-electron chi connectivity index (χ2n) is 7.24. The molecule has 160 valence electrons. The molecule has 0 radical (unpaired) electrons. The SMILES string of the molecule is COc1cccc(CNC(=O)C2CCCN2c2nnc(N3CCCC3=O)s2)c1OC. The molecule has 2 amide bonds. The molecule has 0 bridgehead atoms. The van der Waals surface area contributed by atoms with E-state index in [9.17, 15) is 9.59 Å². The summed E-state index contributed by atoms with van der Waals surface area (Å²) in [6, 6.07) is 5.28. The van der Waals surface area contributed by atoms with E-state index < -0.39 is 0 Å². The lowest BCUT2D eigenvalue weighted by Crippen LogP contribution is -2.43. The highest BCUT2D eigenvalue weighted by molar-refractivity contribution is 7.19. The molecule has 3 heterocycles. The van der Waals surface area contributed by atoms with Gasteiger partial charge in [0.2, 0.25) is 22.1 Å². The lowest BCUT2D eigenvalue weighted by atomic mass is 10.1. The van der Waals surface area contributed by atoms with Gasteiger partial charge in [0.15, 0.2) is 11.5 Å². The number of aromatic nitrogens is 2. The first kappa shape index (κ1) is 20.4. The van der Waals surface area contributed by atoms with Crippen LogP contribution in [-0.2, 0) is 16.1 Å². The molecule has 1 aromatic heterocycles. The molecule has 9 nitrogen and oxygen atoms in total. The highest BCUT2D eigenvalue weighted by atomic mass is 32.1. The number of hydrogen-bond donors (Lipinski definition) is 1. The fraction of sp³-hybridized carbons (Fsp3) is 0.500. The van der Waals surface area contributed by atoms with Gasteiger partial charge in [-0.2, -0.15) is 0 Å². The molecule has 10 heteroatoms. The molecule has 1 unspecified atom stereocenters. The van der Waals surface area contributed by atoms with Gasteiger partial charge in [-0.3, -0.25) is 14.5 Å². The summed E-state index contributed by atoms with van der Waals surface area (Å²) in [6.07, 6.45) is 3.05. The van der Waals surface area contributed by atoms with Crippen molar-refractivity contribution in [3.05, 3.63) is 23.8 Å². The zero-order chi connectivity index (χ0) is 21.1. The molecule has 0 saturated carbocycles. The Morgan fingerprint density at radius 2 is 2.03 bits per heavy atom. The first-order valence-corrected chi connectivity index (χ1v) is 10.8. The molecule has 1 atom stereocenters. The van der Waals surface area contributed by atoms with Crippen molar-refractivity contribution in [3.63, 3.8) is 0 Å². The number of para-hydroxylation sites is 1. The highest BCUT2D eigenvalue weighted by Crippen LogP contribution is 2.34. The summed E-state index contributed by atoms with van der Waals surface area (Å²) >= 11 is 1.37. The summed E-state index contributed by atoms with van der Waals surface area (Å²) in [4.78, 5) is 28.6. The van der Waals surface area contributed by atoms with Crippen LogP contribution in [0.1, 0.15) is 31.2 Å². The van der Waals surface area contributed by atoms with Gasteiger partial charge < -0.3 is 19.7 Å². The maximum atomic E-state index is 12.9. The van der Waals surface area contributed by atoms with Gasteiger partial charge >= 0.3 is 0 Å². The van der Waals surface area contributed by atoms with Crippen LogP contribution in [0, 0.1) is 0 Å². The van der Waals surface area contributed by atoms with Crippen LogP contribution in [0.4, 0.5) is 10.3 Å². The average molecular weight is 432 g/mol. The third-order valence-corrected chi connectivity index (χ3v) is 6.43. The number of anilines is 2. The van der Waals surface area contributed by atoms with Crippen molar-refractivity contribution in [1.29, 1.82) is 0 Å². The molecule has 1 N–H and O–H groups in total. The number of hydrogen-bond acceptors (Lipinski definition) is 8. The molecule has 0 spiro atoms. The maximum absolute atomic E-state index is 12.9. The Morgan fingerprint density at radius 1 is 1.20 bits per heavy atom. The number of amides is 2. The highest BCUT2D eigenvalue weighted by Gasteiger charge is 2.34. The van der Waals surface area contributed by atoms with Crippen molar-refractivity contribution in [3.8, 4) is 11.5 Å². The lowest BCUT2D eigenvalue weighted by Gasteiger charge is -2.23. The van der Waals surface area contributed by atoms with Crippen molar-refractivity contribution in [2.75, 3.05) is 37.1 Å². The van der Waals surface area contributed by atoms with E-state index in [1.54, 1.807) is 19.1 Å². The Labute approximate surface area is 179 Å². The summed E-state index contributed by atoms with van der Waals surface area (Å²) < 4.78 is 10.8. The number of carbonyl (C=O) groups is 2. The summed E-state index contributed by atoms with van der Waals surface area (Å²) in [7, 11) is 3.17. The number of methoxy groups -OCH3 is 2. The quantitative estimate of drug-likeness (QED) is 0.716. The van der Waals surface area contributed by atoms with E-state index in [4.69, 9.17) is 9.47 Å². The van der Waals surface area contributed by atoms with Gasteiger partial charge in [-0.15, -0.1) is 10.2 Å². The number of nitrogens with one attached hydrogen (secondary N) is 1. The summed E-state index contributed by atoms with van der Waals surface area (Å²) in [6.45, 7) is 1.76. The van der Waals surface area contributed by atoms with E-state index in [2.05, 4.69) is 15.5 Å². The molecule has 1 aromatic carbocycles. The lowest BCUT2D eigenvalue weighted by molar-refractivity contribution is -0.122. The number of carbonyl (C=O) groups excluding carboxylic acids is 2. The standard InChI is InChI=1S/C20H25N5O4S/c1-28-15-8-3-6-13(17(15)29-2)12-21-18(27)14-7-4-10-24(14)19-22-23-20(30-19)25-11-5-9-16(25)26/h3,6,8,14H,4-5,7,9-12H2,1-2H3,(H,21,27). The Hall–Kier alpha value is -2.88. The zero-order valence-corrected chi connectivity index (χ0v) is 17.9. The van der Waals surface area contributed by atoms with Crippen molar-refractivity contribution < 1.29 is 19.1 Å². The number of rotatable bonds is 7. The normalized spacial score (nSPS) is 18.7. The molecule has 2 saturated heterocycles. The first-order valence-electron chi connectivity index (χ1n) is 10.0. The second kappa shape index (κ2) is 8.86. The molecule has 4 rings (SSSR count). The van der Waals surface area contributed by atoms with Crippen molar-refractivity contribution in [1.82, 2.24) is 15.5 Å². The molecule has 2 aromatic rings. The molecular weight excluding hydrogens is 406 g/mol. The fourth-order valence-corrected chi connectivity index (χ4v) is 4.91. The number of benzene rings is 1. The fourth-order valence-electron chi connectivity index (χ4n) is 3.94. The van der Waals surface area contributed by atoms with E-state index in [-0.39, 0.29) is 17.9 Å². The predicted molar refractivity (Wildman–Crippen MR) is 113 cm³/mol. The Morgan fingerprint density at radius 3 is 2.77 bits per heavy atom. The third-order valence-electron chi connectivity index (χ3n) is 5.45.